The second kappa shape index (κ2) is 12.3. The molecule has 1 aliphatic heterocycles. The van der Waals surface area contributed by atoms with Gasteiger partial charge >= 0.3 is 14.1 Å². The first-order valence-electron chi connectivity index (χ1n) is 13.7. The summed E-state index contributed by atoms with van der Waals surface area (Å²) in [5, 5.41) is 16.7. The number of para-hydroxylation sites is 2. The zero-order valence-electron chi connectivity index (χ0n) is 23.7. The average Bonchev–Trinajstić information content (AvgIpc) is 3.62. The van der Waals surface area contributed by atoms with E-state index in [0.717, 1.165) is 12.8 Å². The maximum Gasteiger partial charge on any atom is 0.323 e. The summed E-state index contributed by atoms with van der Waals surface area (Å²) in [5.74, 6) is 2.01. The van der Waals surface area contributed by atoms with Gasteiger partial charge in [-0.1, -0.05) is 18.1 Å². The first-order chi connectivity index (χ1) is 20.5. The van der Waals surface area contributed by atoms with Crippen LogP contribution in [0.4, 0.5) is 16.2 Å². The molecule has 16 heteroatoms. The molecule has 0 amide bonds. The second-order valence-electron chi connectivity index (χ2n) is 10.6. The third kappa shape index (κ3) is 6.52. The van der Waals surface area contributed by atoms with Crippen molar-refractivity contribution in [3.05, 3.63) is 30.6 Å². The number of esters is 1. The van der Waals surface area contributed by atoms with Gasteiger partial charge in [0.15, 0.2) is 34.7 Å². The molecule has 1 saturated carbocycles. The highest BCUT2D eigenvalue weighted by Crippen LogP contribution is 2.43. The van der Waals surface area contributed by atoms with E-state index >= 15 is 4.39 Å². The number of rotatable bonds is 12. The van der Waals surface area contributed by atoms with Gasteiger partial charge in [-0.15, -0.1) is 6.42 Å². The molecule has 1 aliphatic carbocycles. The summed E-state index contributed by atoms with van der Waals surface area (Å²) in [6.07, 6.45) is 3.93. The van der Waals surface area contributed by atoms with Crippen LogP contribution < -0.4 is 25.4 Å². The van der Waals surface area contributed by atoms with Crippen LogP contribution in [-0.2, 0) is 18.8 Å². The number of carbonyl (C=O) groups is 1. The lowest BCUT2D eigenvalue weighted by Crippen LogP contribution is -2.42. The smallest absolute Gasteiger partial charge is 0.323 e. The molecule has 230 valence electrons. The number of anilines is 2. The number of carbonyl (C=O) groups excluding carboxylic acids is 1. The molecule has 2 aliphatic rings. The van der Waals surface area contributed by atoms with Crippen LogP contribution in [0.5, 0.6) is 11.5 Å². The van der Waals surface area contributed by atoms with E-state index in [1.165, 1.54) is 30.0 Å². The van der Waals surface area contributed by atoms with Gasteiger partial charge in [0.2, 0.25) is 11.6 Å². The zero-order chi connectivity index (χ0) is 30.9. The first-order valence-corrected chi connectivity index (χ1v) is 15.0. The topological polar surface area (TPSA) is 185 Å². The van der Waals surface area contributed by atoms with Gasteiger partial charge in [0.25, 0.3) is 0 Å². The number of nitrogens with two attached hydrogens (primary N) is 1. The molecule has 0 bridgehead atoms. The van der Waals surface area contributed by atoms with Gasteiger partial charge in [-0.2, -0.15) is 9.97 Å². The summed E-state index contributed by atoms with van der Waals surface area (Å²) in [5.41, 5.74) is 3.76. The average molecular weight is 618 g/mol. The van der Waals surface area contributed by atoms with Crippen LogP contribution in [0.25, 0.3) is 11.2 Å². The van der Waals surface area contributed by atoms with Crippen molar-refractivity contribution in [1.82, 2.24) is 24.6 Å². The Morgan fingerprint density at radius 2 is 2.05 bits per heavy atom. The fourth-order valence-corrected chi connectivity index (χ4v) is 5.36. The number of nitrogens with one attached hydrogen (secondary N) is 2. The third-order valence-electron chi connectivity index (χ3n) is 6.77. The van der Waals surface area contributed by atoms with Crippen LogP contribution in [0.15, 0.2) is 30.6 Å². The maximum absolute atomic E-state index is 16.2. The molecule has 5 rings (SSSR count). The summed E-state index contributed by atoms with van der Waals surface area (Å²) in [7, 11) is -2.97. The standard InChI is InChI=1S/C27H33FN7O7P/c1-5-27(28)21(36)19(41-25(27)35-13-30-20-22(31-16-10-11-16)32-26(29)33-23(20)35)12-39-17-8-6-7-9-18(17)42-43(38)34-15(4)24(37)40-14(2)3/h1,6-9,13-16,19,21,25,36,43H,10-12H2,2-4H3,(H,34,38)(H3,29,31,32,33)/t15-,19+,21+,25+,27+/m0/s1. The number of alkyl halides is 1. The number of hydrogen-bond acceptors (Lipinski definition) is 12. The molecule has 1 saturated heterocycles. The molecule has 2 aromatic heterocycles. The number of nitrogens with zero attached hydrogens (tertiary/aromatic N) is 4. The molecule has 3 heterocycles. The summed E-state index contributed by atoms with van der Waals surface area (Å²) in [6.45, 7) is 4.55. The predicted octanol–water partition coefficient (Wildman–Crippen LogP) is 2.36. The molecule has 6 atom stereocenters. The van der Waals surface area contributed by atoms with Gasteiger partial charge in [-0.05, 0) is 45.7 Å². The number of aliphatic hydroxyl groups excluding tert-OH is 1. The summed E-state index contributed by atoms with van der Waals surface area (Å²) in [4.78, 5) is 24.8. The first kappa shape index (κ1) is 30.5. The molecule has 1 unspecified atom stereocenters. The predicted molar refractivity (Wildman–Crippen MR) is 154 cm³/mol. The molecular weight excluding hydrogens is 584 g/mol. The monoisotopic (exact) mass is 617 g/mol. The van der Waals surface area contributed by atoms with Crippen LogP contribution in [0, 0.1) is 12.3 Å². The van der Waals surface area contributed by atoms with Crippen molar-refractivity contribution >= 4 is 37.1 Å². The Morgan fingerprint density at radius 1 is 1.33 bits per heavy atom. The maximum atomic E-state index is 16.2. The van der Waals surface area contributed by atoms with Crippen LogP contribution in [0.3, 0.4) is 0 Å². The van der Waals surface area contributed by atoms with Gasteiger partial charge in [-0.25, -0.2) is 14.5 Å². The number of benzene rings is 1. The molecule has 3 aromatic rings. The van der Waals surface area contributed by atoms with Crippen LogP contribution >= 0.6 is 8.18 Å². The van der Waals surface area contributed by atoms with E-state index in [1.54, 1.807) is 26.0 Å². The van der Waals surface area contributed by atoms with Crippen molar-refractivity contribution < 1.29 is 37.6 Å². The van der Waals surface area contributed by atoms with E-state index < -0.39 is 44.3 Å². The van der Waals surface area contributed by atoms with Crippen molar-refractivity contribution in [2.24, 2.45) is 0 Å². The Kier molecular flexibility index (Phi) is 8.75. The van der Waals surface area contributed by atoms with Crippen LogP contribution in [0.1, 0.15) is 39.8 Å². The van der Waals surface area contributed by atoms with E-state index in [4.69, 9.17) is 30.9 Å². The van der Waals surface area contributed by atoms with Gasteiger partial charge in [-0.3, -0.25) is 13.9 Å². The Morgan fingerprint density at radius 3 is 2.72 bits per heavy atom. The Hall–Kier alpha value is -3.96. The molecule has 2 fully saturated rings. The van der Waals surface area contributed by atoms with E-state index in [1.807, 2.05) is 5.92 Å². The van der Waals surface area contributed by atoms with E-state index in [-0.39, 0.29) is 41.8 Å². The molecule has 0 spiro atoms. The lowest BCUT2D eigenvalue weighted by molar-refractivity contribution is -0.148. The quantitative estimate of drug-likeness (QED) is 0.132. The summed E-state index contributed by atoms with van der Waals surface area (Å²) >= 11 is 0. The Labute approximate surface area is 247 Å². The summed E-state index contributed by atoms with van der Waals surface area (Å²) < 4.78 is 52.4. The van der Waals surface area contributed by atoms with Crippen molar-refractivity contribution in [3.8, 4) is 23.8 Å². The van der Waals surface area contributed by atoms with E-state index in [9.17, 15) is 14.5 Å². The number of aromatic nitrogens is 4. The molecule has 5 N–H and O–H groups in total. The molecule has 43 heavy (non-hydrogen) atoms. The fourth-order valence-electron chi connectivity index (χ4n) is 4.46. The largest absolute Gasteiger partial charge is 0.487 e. The zero-order valence-corrected chi connectivity index (χ0v) is 24.7. The van der Waals surface area contributed by atoms with Gasteiger partial charge in [0, 0.05) is 6.04 Å². The number of terminal acetylenes is 1. The van der Waals surface area contributed by atoms with Gasteiger partial charge < -0.3 is 34.9 Å². The van der Waals surface area contributed by atoms with Crippen LogP contribution in [0.2, 0.25) is 0 Å². The number of nitrogen functional groups attached to an aromatic ring is 1. The molecule has 1 aromatic carbocycles. The van der Waals surface area contributed by atoms with E-state index in [2.05, 4.69) is 25.4 Å². The molecule has 0 radical (unpaired) electrons. The Balaban J connectivity index is 1.30. The highest BCUT2D eigenvalue weighted by Gasteiger charge is 2.58. The van der Waals surface area contributed by atoms with Gasteiger partial charge in [0.1, 0.15) is 24.9 Å². The third-order valence-corrected chi connectivity index (χ3v) is 7.85. The van der Waals surface area contributed by atoms with Gasteiger partial charge in [0.05, 0.1) is 12.4 Å². The lowest BCUT2D eigenvalue weighted by atomic mass is 9.97. The van der Waals surface area contributed by atoms with Crippen molar-refractivity contribution in [2.45, 2.75) is 75.9 Å². The highest BCUT2D eigenvalue weighted by atomic mass is 31.1. The lowest BCUT2D eigenvalue weighted by Gasteiger charge is -2.23. The van der Waals surface area contributed by atoms with Crippen LogP contribution in [-0.4, -0.2) is 73.3 Å². The van der Waals surface area contributed by atoms with Crippen molar-refractivity contribution in [1.29, 1.82) is 0 Å². The highest BCUT2D eigenvalue weighted by molar-refractivity contribution is 7.37. The molecular formula is C27H33FN7O7P. The minimum Gasteiger partial charge on any atom is -0.487 e. The number of halogens is 1. The molecule has 14 nitrogen and oxygen atoms in total. The minimum absolute atomic E-state index is 0.0578. The Bertz CT molecular complexity index is 1560. The SMILES string of the molecule is C#C[C@@]1(F)[C@H](O)[C@@H](COc2ccccc2O[PH](=O)N[C@@H](C)C(=O)OC(C)C)O[C@H]1n1cnc2c(NC3CC3)nc(N)nc21. The normalized spacial score (nSPS) is 24.8. The number of fused-ring (bicyclic) bond motifs is 1. The number of aliphatic hydroxyl groups is 1. The minimum atomic E-state index is -2.97. The van der Waals surface area contributed by atoms with Crippen molar-refractivity contribution in [2.75, 3.05) is 17.7 Å². The number of hydrogen-bond donors (Lipinski definition) is 4. The van der Waals surface area contributed by atoms with E-state index in [0.29, 0.717) is 11.3 Å². The number of ether oxygens (including phenoxy) is 3. The fraction of sp³-hybridized carbons (Fsp3) is 0.481. The second-order valence-corrected chi connectivity index (χ2v) is 11.6. The van der Waals surface area contributed by atoms with Crippen molar-refractivity contribution in [3.63, 3.8) is 0 Å². The summed E-state index contributed by atoms with van der Waals surface area (Å²) in [6, 6.07) is 5.65. The number of imidazole rings is 1.